The molecule has 21 heavy (non-hydrogen) atoms. The van der Waals surface area contributed by atoms with Crippen LogP contribution in [0.4, 0.5) is 0 Å². The van der Waals surface area contributed by atoms with Crippen molar-refractivity contribution in [2.24, 2.45) is 0 Å². The first-order valence-electron chi connectivity index (χ1n) is 6.64. The summed E-state index contributed by atoms with van der Waals surface area (Å²) in [6.45, 7) is 8.28. The molecule has 0 aromatic carbocycles. The van der Waals surface area contributed by atoms with Gasteiger partial charge in [-0.3, -0.25) is 0 Å². The summed E-state index contributed by atoms with van der Waals surface area (Å²) < 4.78 is 36.3. The molecule has 0 spiro atoms. The van der Waals surface area contributed by atoms with E-state index in [9.17, 15) is 8.42 Å². The van der Waals surface area contributed by atoms with E-state index in [1.165, 1.54) is 4.31 Å². The lowest BCUT2D eigenvalue weighted by molar-refractivity contribution is 0.0500. The molecule has 2 rings (SSSR count). The highest BCUT2D eigenvalue weighted by Gasteiger charge is 2.32. The van der Waals surface area contributed by atoms with E-state index in [0.717, 1.165) is 17.0 Å². The van der Waals surface area contributed by atoms with Gasteiger partial charge in [-0.2, -0.15) is 4.31 Å². The molecule has 0 N–H and O–H groups in total. The summed E-state index contributed by atoms with van der Waals surface area (Å²) in [4.78, 5) is 0. The monoisotopic (exact) mass is 334 g/mol. The third-order valence-electron chi connectivity index (χ3n) is 3.48. The second kappa shape index (κ2) is 6.48. The Kier molecular flexibility index (Phi) is 5.08. The third-order valence-corrected chi connectivity index (χ3v) is 5.61. The summed E-state index contributed by atoms with van der Waals surface area (Å²) in [5.41, 5.74) is 1.72. The lowest BCUT2D eigenvalue weighted by atomic mass is 10.2. The number of hydrogen-bond acceptors (Lipinski definition) is 5. The minimum atomic E-state index is -3.39. The first-order chi connectivity index (χ1) is 9.79. The number of hydrogen-bond donors (Lipinski definition) is 0. The minimum Gasteiger partial charge on any atom is -0.372 e. The van der Waals surface area contributed by atoms with E-state index in [0.29, 0.717) is 26.1 Å². The molecule has 0 aliphatic carbocycles. The summed E-state index contributed by atoms with van der Waals surface area (Å²) in [5.74, 6) is 0.499. The Hall–Kier alpha value is -0.890. The van der Waals surface area contributed by atoms with Crippen molar-refractivity contribution >= 4 is 21.6 Å². The molecular formula is C13H19ClN2O4S. The van der Waals surface area contributed by atoms with E-state index in [1.807, 2.05) is 13.8 Å². The van der Waals surface area contributed by atoms with Crippen molar-refractivity contribution in [3.63, 3.8) is 0 Å². The van der Waals surface area contributed by atoms with Crippen LogP contribution in [-0.4, -0.2) is 42.8 Å². The molecule has 1 atom stereocenters. The molecule has 1 aromatic rings. The van der Waals surface area contributed by atoms with Gasteiger partial charge in [0.2, 0.25) is 10.0 Å². The molecule has 1 saturated heterocycles. The molecule has 0 saturated carbocycles. The van der Waals surface area contributed by atoms with Crippen LogP contribution in [0.15, 0.2) is 16.1 Å². The van der Waals surface area contributed by atoms with Gasteiger partial charge in [0.05, 0.1) is 24.2 Å². The van der Waals surface area contributed by atoms with Crippen molar-refractivity contribution in [3.8, 4) is 0 Å². The smallest absolute Gasteiger partial charge is 0.219 e. The number of nitrogens with zero attached hydrogens (tertiary/aromatic N) is 2. The van der Waals surface area contributed by atoms with E-state index in [-0.39, 0.29) is 16.9 Å². The summed E-state index contributed by atoms with van der Waals surface area (Å²) in [6.07, 6.45) is 0.536. The van der Waals surface area contributed by atoms with Crippen molar-refractivity contribution in [3.05, 3.63) is 28.6 Å². The second-order valence-corrected chi connectivity index (χ2v) is 7.66. The van der Waals surface area contributed by atoms with Crippen LogP contribution >= 0.6 is 11.6 Å². The Morgan fingerprint density at radius 1 is 1.57 bits per heavy atom. The molecule has 0 unspecified atom stereocenters. The summed E-state index contributed by atoms with van der Waals surface area (Å²) >= 11 is 5.59. The lowest BCUT2D eigenvalue weighted by Gasteiger charge is -2.16. The van der Waals surface area contributed by atoms with E-state index in [4.69, 9.17) is 20.9 Å². The highest BCUT2D eigenvalue weighted by molar-refractivity contribution is 7.89. The van der Waals surface area contributed by atoms with Crippen molar-refractivity contribution in [2.75, 3.05) is 18.8 Å². The Bertz CT molecular complexity index is 607. The number of rotatable bonds is 6. The van der Waals surface area contributed by atoms with Gasteiger partial charge < -0.3 is 9.26 Å². The highest BCUT2D eigenvalue weighted by atomic mass is 35.5. The second-order valence-electron chi connectivity index (χ2n) is 5.16. The Morgan fingerprint density at radius 2 is 2.29 bits per heavy atom. The van der Waals surface area contributed by atoms with Crippen LogP contribution in [0.3, 0.4) is 0 Å². The van der Waals surface area contributed by atoms with Crippen LogP contribution in [-0.2, 0) is 21.4 Å². The summed E-state index contributed by atoms with van der Waals surface area (Å²) in [5, 5.41) is 3.98. The van der Waals surface area contributed by atoms with E-state index in [2.05, 4.69) is 11.7 Å². The molecule has 1 aliphatic rings. The fraction of sp³-hybridized carbons (Fsp3) is 0.615. The zero-order valence-corrected chi connectivity index (χ0v) is 13.7. The van der Waals surface area contributed by atoms with Crippen LogP contribution in [0, 0.1) is 13.8 Å². The molecule has 118 valence electrons. The normalized spacial score (nSPS) is 20.0. The Morgan fingerprint density at radius 3 is 2.86 bits per heavy atom. The van der Waals surface area contributed by atoms with Crippen molar-refractivity contribution in [1.29, 1.82) is 0 Å². The van der Waals surface area contributed by atoms with Gasteiger partial charge in [0.25, 0.3) is 0 Å². The highest BCUT2D eigenvalue weighted by Crippen LogP contribution is 2.21. The molecule has 1 fully saturated rings. The first-order valence-corrected chi connectivity index (χ1v) is 8.62. The maximum absolute atomic E-state index is 12.0. The predicted molar refractivity (Wildman–Crippen MR) is 79.5 cm³/mol. The lowest BCUT2D eigenvalue weighted by Crippen LogP contribution is -2.32. The zero-order valence-electron chi connectivity index (χ0n) is 12.1. The van der Waals surface area contributed by atoms with Crippen LogP contribution in [0.25, 0.3) is 0 Å². The van der Waals surface area contributed by atoms with E-state index in [1.54, 1.807) is 0 Å². The minimum absolute atomic E-state index is 0.120. The molecule has 8 heteroatoms. The van der Waals surface area contributed by atoms with Crippen molar-refractivity contribution < 1.29 is 17.7 Å². The molecular weight excluding hydrogens is 316 g/mol. The molecule has 0 radical (unpaired) electrons. The molecule has 1 aromatic heterocycles. The van der Waals surface area contributed by atoms with Gasteiger partial charge in [-0.15, -0.1) is 0 Å². The summed E-state index contributed by atoms with van der Waals surface area (Å²) in [6, 6.07) is 0. The fourth-order valence-electron chi connectivity index (χ4n) is 2.28. The standard InChI is InChI=1S/C13H19ClN2O4S/c1-9(14)8-21(17,18)16-5-4-12(6-16)19-7-13-10(2)15-20-11(13)3/h12H,1,4-8H2,2-3H3/t12-/m0/s1. The molecule has 0 bridgehead atoms. The molecule has 6 nitrogen and oxygen atoms in total. The molecule has 2 heterocycles. The fourth-order valence-corrected chi connectivity index (χ4v) is 4.05. The van der Waals surface area contributed by atoms with Crippen molar-refractivity contribution in [1.82, 2.24) is 9.46 Å². The van der Waals surface area contributed by atoms with Gasteiger partial charge in [-0.1, -0.05) is 23.3 Å². The summed E-state index contributed by atoms with van der Waals surface area (Å²) in [7, 11) is -3.39. The Balaban J connectivity index is 1.90. The van der Waals surface area contributed by atoms with Gasteiger partial charge in [-0.05, 0) is 20.3 Å². The van der Waals surface area contributed by atoms with Crippen LogP contribution in [0.2, 0.25) is 0 Å². The van der Waals surface area contributed by atoms with Crippen molar-refractivity contribution in [2.45, 2.75) is 33.0 Å². The maximum Gasteiger partial charge on any atom is 0.219 e. The number of ether oxygens (including phenoxy) is 1. The van der Waals surface area contributed by atoms with Crippen LogP contribution < -0.4 is 0 Å². The average molecular weight is 335 g/mol. The van der Waals surface area contributed by atoms with Crippen LogP contribution in [0.1, 0.15) is 23.4 Å². The topological polar surface area (TPSA) is 72.6 Å². The molecule has 1 aliphatic heterocycles. The number of aryl methyl sites for hydroxylation is 2. The van der Waals surface area contributed by atoms with E-state index >= 15 is 0 Å². The number of sulfonamides is 1. The maximum atomic E-state index is 12.0. The average Bonchev–Trinajstić information content (AvgIpc) is 2.94. The largest absolute Gasteiger partial charge is 0.372 e. The zero-order chi connectivity index (χ0) is 15.6. The van der Waals surface area contributed by atoms with Gasteiger partial charge in [-0.25, -0.2) is 8.42 Å². The van der Waals surface area contributed by atoms with Gasteiger partial charge >= 0.3 is 0 Å². The van der Waals surface area contributed by atoms with Crippen LogP contribution in [0.5, 0.6) is 0 Å². The SMILES string of the molecule is C=C(Cl)CS(=O)(=O)N1CC[C@H](OCc2c(C)noc2C)C1. The van der Waals surface area contributed by atoms with Gasteiger partial charge in [0, 0.05) is 23.7 Å². The quantitative estimate of drug-likeness (QED) is 0.795. The third kappa shape index (κ3) is 4.06. The predicted octanol–water partition coefficient (Wildman–Crippen LogP) is 1.96. The van der Waals surface area contributed by atoms with Gasteiger partial charge in [0.15, 0.2) is 0 Å². The number of aromatic nitrogens is 1. The Labute approximate surface area is 129 Å². The number of halogens is 1. The van der Waals surface area contributed by atoms with Gasteiger partial charge in [0.1, 0.15) is 5.76 Å². The molecule has 0 amide bonds. The van der Waals surface area contributed by atoms with E-state index < -0.39 is 10.0 Å². The first kappa shape index (κ1) is 16.5.